The summed E-state index contributed by atoms with van der Waals surface area (Å²) >= 11 is 0. The molecule has 4 rings (SSSR count). The average Bonchev–Trinajstić information content (AvgIpc) is 3.11. The van der Waals surface area contributed by atoms with Crippen LogP contribution in [0.15, 0.2) is 0 Å². The Balaban J connectivity index is 1.45. The second-order valence-electron chi connectivity index (χ2n) is 7.90. The quantitative estimate of drug-likeness (QED) is 0.262. The van der Waals surface area contributed by atoms with Gasteiger partial charge >= 0.3 is 16.4 Å². The van der Waals surface area contributed by atoms with E-state index in [0.717, 1.165) is 6.54 Å². The lowest BCUT2D eigenvalue weighted by Crippen LogP contribution is -2.63. The van der Waals surface area contributed by atoms with Crippen molar-refractivity contribution in [2.75, 3.05) is 39.5 Å². The molecule has 158 valence electrons. The van der Waals surface area contributed by atoms with Crippen LogP contribution in [-0.4, -0.2) is 91.9 Å². The number of carbonyl (C=O) groups excluding carboxylic acids is 2. The number of nitrogens with one attached hydrogen (secondary N) is 2. The SMILES string of the molecule is NC1(CONC(=O)[C@@H]2CC3(COC3)[C@@H]3CN2C(=O)N3OS(=O)(=O)O)CCNC1. The van der Waals surface area contributed by atoms with Crippen molar-refractivity contribution < 1.29 is 36.4 Å². The number of fused-ring (bicyclic) bond motifs is 3. The Morgan fingerprint density at radius 2 is 2.21 bits per heavy atom. The molecule has 3 atom stereocenters. The zero-order valence-electron chi connectivity index (χ0n) is 15.0. The summed E-state index contributed by atoms with van der Waals surface area (Å²) in [6, 6.07) is -2.36. The van der Waals surface area contributed by atoms with Crippen LogP contribution in [0.25, 0.3) is 0 Å². The van der Waals surface area contributed by atoms with Gasteiger partial charge in [0.25, 0.3) is 5.91 Å². The molecular formula is C14H23N5O8S. The standard InChI is InChI=1S/C14H23N5O8S/c15-14(1-2-16-5-14)8-26-17-11(20)9-3-13(6-25-7-13)10-4-18(9)12(21)19(10)27-28(22,23)24/h9-10,16H,1-8,15H2,(H,17,20)(H,22,23,24)/t9-,10-,14?/m0/s1. The summed E-state index contributed by atoms with van der Waals surface area (Å²) in [7, 11) is -4.89. The van der Waals surface area contributed by atoms with Crippen LogP contribution in [0.5, 0.6) is 0 Å². The van der Waals surface area contributed by atoms with E-state index in [1.54, 1.807) is 0 Å². The molecule has 2 bridgehead atoms. The number of amides is 3. The molecule has 4 heterocycles. The number of ether oxygens (including phenoxy) is 1. The summed E-state index contributed by atoms with van der Waals surface area (Å²) in [6.07, 6.45) is 0.959. The topological polar surface area (TPSA) is 173 Å². The van der Waals surface area contributed by atoms with Gasteiger partial charge in [0.05, 0.1) is 31.4 Å². The van der Waals surface area contributed by atoms with Gasteiger partial charge in [0.1, 0.15) is 6.04 Å². The second-order valence-corrected chi connectivity index (χ2v) is 8.90. The van der Waals surface area contributed by atoms with Gasteiger partial charge in [-0.2, -0.15) is 13.5 Å². The van der Waals surface area contributed by atoms with Crippen molar-refractivity contribution in [2.24, 2.45) is 11.1 Å². The normalized spacial score (nSPS) is 34.0. The predicted molar refractivity (Wildman–Crippen MR) is 90.5 cm³/mol. The lowest BCUT2D eigenvalue weighted by atomic mass is 9.71. The second kappa shape index (κ2) is 6.76. The monoisotopic (exact) mass is 421 g/mol. The highest BCUT2D eigenvalue weighted by molar-refractivity contribution is 7.80. The van der Waals surface area contributed by atoms with Crippen LogP contribution in [0.1, 0.15) is 12.8 Å². The Bertz CT molecular complexity index is 766. The third-order valence-corrected chi connectivity index (χ3v) is 6.18. The van der Waals surface area contributed by atoms with Crippen LogP contribution in [-0.2, 0) is 29.1 Å². The van der Waals surface area contributed by atoms with Crippen molar-refractivity contribution in [2.45, 2.75) is 30.5 Å². The minimum Gasteiger partial charge on any atom is -0.380 e. The van der Waals surface area contributed by atoms with Crippen molar-refractivity contribution in [3.63, 3.8) is 0 Å². The largest absolute Gasteiger partial charge is 0.418 e. The number of urea groups is 1. The van der Waals surface area contributed by atoms with Gasteiger partial charge in [-0.3, -0.25) is 14.2 Å². The summed E-state index contributed by atoms with van der Waals surface area (Å²) in [5.74, 6) is -0.540. The molecule has 0 aliphatic carbocycles. The van der Waals surface area contributed by atoms with Gasteiger partial charge in [0.2, 0.25) is 0 Å². The van der Waals surface area contributed by atoms with E-state index >= 15 is 0 Å². The molecule has 1 spiro atoms. The first-order valence-electron chi connectivity index (χ1n) is 8.88. The molecule has 1 unspecified atom stereocenters. The fourth-order valence-electron chi connectivity index (χ4n) is 4.23. The highest BCUT2D eigenvalue weighted by atomic mass is 32.3. The minimum atomic E-state index is -4.89. The first kappa shape index (κ1) is 19.8. The molecule has 4 aliphatic rings. The molecule has 14 heteroatoms. The number of nitrogens with zero attached hydrogens (tertiary/aromatic N) is 2. The Morgan fingerprint density at radius 3 is 2.79 bits per heavy atom. The first-order chi connectivity index (χ1) is 13.1. The minimum absolute atomic E-state index is 0.0700. The molecule has 0 aromatic heterocycles. The van der Waals surface area contributed by atoms with E-state index in [9.17, 15) is 18.0 Å². The molecule has 4 aliphatic heterocycles. The Hall–Kier alpha value is -1.55. The smallest absolute Gasteiger partial charge is 0.380 e. The molecule has 13 nitrogen and oxygen atoms in total. The summed E-state index contributed by atoms with van der Waals surface area (Å²) in [6.45, 7) is 2.01. The average molecular weight is 421 g/mol. The van der Waals surface area contributed by atoms with E-state index in [2.05, 4.69) is 15.1 Å². The molecule has 3 amide bonds. The van der Waals surface area contributed by atoms with Crippen LogP contribution in [0.4, 0.5) is 4.79 Å². The van der Waals surface area contributed by atoms with Gasteiger partial charge in [0, 0.05) is 18.5 Å². The van der Waals surface area contributed by atoms with Crippen LogP contribution in [0, 0.1) is 5.41 Å². The summed E-state index contributed by atoms with van der Waals surface area (Å²) in [4.78, 5) is 31.8. The van der Waals surface area contributed by atoms with E-state index in [4.69, 9.17) is 19.9 Å². The highest BCUT2D eigenvalue weighted by Gasteiger charge is 2.63. The number of carbonyl (C=O) groups is 2. The molecule has 0 aromatic carbocycles. The fourth-order valence-corrected chi connectivity index (χ4v) is 4.60. The van der Waals surface area contributed by atoms with Crippen LogP contribution in [0.2, 0.25) is 0 Å². The van der Waals surface area contributed by atoms with Crippen molar-refractivity contribution in [3.8, 4) is 0 Å². The zero-order chi connectivity index (χ0) is 20.2. The van der Waals surface area contributed by atoms with Crippen LogP contribution >= 0.6 is 0 Å². The summed E-state index contributed by atoms with van der Waals surface area (Å²) in [5, 5.41) is 3.73. The van der Waals surface area contributed by atoms with Gasteiger partial charge in [-0.1, -0.05) is 0 Å². The first-order valence-corrected chi connectivity index (χ1v) is 10.2. The zero-order valence-corrected chi connectivity index (χ0v) is 15.8. The van der Waals surface area contributed by atoms with Crippen LogP contribution in [0.3, 0.4) is 0 Å². The molecule has 4 saturated heterocycles. The number of hydroxylamine groups is 3. The van der Waals surface area contributed by atoms with Crippen molar-refractivity contribution in [1.82, 2.24) is 20.8 Å². The number of hydrogen-bond acceptors (Lipinski definition) is 9. The molecule has 0 radical (unpaired) electrons. The van der Waals surface area contributed by atoms with E-state index in [-0.39, 0.29) is 32.8 Å². The number of rotatable bonds is 6. The number of piperidine rings is 1. The van der Waals surface area contributed by atoms with E-state index < -0.39 is 45.4 Å². The van der Waals surface area contributed by atoms with Gasteiger partial charge in [-0.15, -0.1) is 4.28 Å². The molecule has 0 aromatic rings. The van der Waals surface area contributed by atoms with E-state index in [1.165, 1.54) is 4.90 Å². The maximum atomic E-state index is 12.7. The van der Waals surface area contributed by atoms with Gasteiger partial charge in [0.15, 0.2) is 0 Å². The Labute approximate surface area is 161 Å². The van der Waals surface area contributed by atoms with Crippen molar-refractivity contribution in [1.29, 1.82) is 0 Å². The predicted octanol–water partition coefficient (Wildman–Crippen LogP) is -2.65. The van der Waals surface area contributed by atoms with E-state index in [0.29, 0.717) is 18.0 Å². The lowest BCUT2D eigenvalue weighted by molar-refractivity contribution is -0.194. The van der Waals surface area contributed by atoms with Gasteiger partial charge in [-0.25, -0.2) is 10.3 Å². The third-order valence-electron chi connectivity index (χ3n) is 5.84. The molecule has 28 heavy (non-hydrogen) atoms. The maximum Gasteiger partial charge on any atom is 0.418 e. The van der Waals surface area contributed by atoms with Gasteiger partial charge < -0.3 is 20.7 Å². The van der Waals surface area contributed by atoms with Gasteiger partial charge in [-0.05, 0) is 19.4 Å². The molecular weight excluding hydrogens is 398 g/mol. The highest BCUT2D eigenvalue weighted by Crippen LogP contribution is 2.47. The molecule has 0 saturated carbocycles. The third kappa shape index (κ3) is 3.45. The summed E-state index contributed by atoms with van der Waals surface area (Å²) in [5.41, 5.74) is 7.27. The molecule has 4 fully saturated rings. The van der Waals surface area contributed by atoms with Crippen molar-refractivity contribution >= 4 is 22.3 Å². The maximum absolute atomic E-state index is 12.7. The Morgan fingerprint density at radius 1 is 1.46 bits per heavy atom. The van der Waals surface area contributed by atoms with Crippen molar-refractivity contribution in [3.05, 3.63) is 0 Å². The lowest BCUT2D eigenvalue weighted by Gasteiger charge is -2.50. The number of nitrogens with two attached hydrogens (primary N) is 1. The fraction of sp³-hybridized carbons (Fsp3) is 0.857. The van der Waals surface area contributed by atoms with E-state index in [1.807, 2.05) is 0 Å². The molecule has 5 N–H and O–H groups in total. The summed E-state index contributed by atoms with van der Waals surface area (Å²) < 4.78 is 41.0. The Kier molecular flexibility index (Phi) is 4.77. The van der Waals surface area contributed by atoms with Crippen LogP contribution < -0.4 is 16.5 Å². The number of hydrogen-bond donors (Lipinski definition) is 4.